The lowest BCUT2D eigenvalue weighted by Crippen LogP contribution is -2.34. The van der Waals surface area contributed by atoms with Gasteiger partial charge in [-0.3, -0.25) is 4.79 Å². The van der Waals surface area contributed by atoms with Crippen LogP contribution in [0.2, 0.25) is 0 Å². The van der Waals surface area contributed by atoms with Crippen LogP contribution < -0.4 is 5.73 Å². The lowest BCUT2D eigenvalue weighted by atomic mass is 10.00. The average molecular weight is 172 g/mol. The minimum absolute atomic E-state index is 0.0159. The molecule has 0 bridgehead atoms. The molecule has 70 valence electrons. The van der Waals surface area contributed by atoms with Crippen LogP contribution in [-0.2, 0) is 4.79 Å². The molecule has 1 aliphatic heterocycles. The quantitative estimate of drug-likeness (QED) is 0.563. The van der Waals surface area contributed by atoms with Gasteiger partial charge in [-0.25, -0.2) is 0 Å². The molecule has 1 fully saturated rings. The second-order valence-corrected chi connectivity index (χ2v) is 3.42. The highest BCUT2D eigenvalue weighted by molar-refractivity contribution is 5.78. The number of aliphatic hydroxyl groups is 1. The Labute approximate surface area is 72.3 Å². The zero-order valence-corrected chi connectivity index (χ0v) is 7.36. The Morgan fingerprint density at radius 1 is 1.67 bits per heavy atom. The van der Waals surface area contributed by atoms with E-state index in [1.807, 2.05) is 6.92 Å². The highest BCUT2D eigenvalue weighted by atomic mass is 16.3. The van der Waals surface area contributed by atoms with Crippen LogP contribution in [0.25, 0.3) is 0 Å². The summed E-state index contributed by atoms with van der Waals surface area (Å²) in [5, 5.41) is 8.94. The van der Waals surface area contributed by atoms with Crippen LogP contribution in [0.3, 0.4) is 0 Å². The first-order chi connectivity index (χ1) is 5.69. The summed E-state index contributed by atoms with van der Waals surface area (Å²) in [7, 11) is 0. The summed E-state index contributed by atoms with van der Waals surface area (Å²) in [5.41, 5.74) is 5.23. The predicted molar refractivity (Wildman–Crippen MR) is 45.4 cm³/mol. The molecule has 4 heteroatoms. The smallest absolute Gasteiger partial charge is 0.236 e. The van der Waals surface area contributed by atoms with E-state index in [0.29, 0.717) is 12.5 Å². The van der Waals surface area contributed by atoms with Crippen molar-refractivity contribution >= 4 is 5.91 Å². The lowest BCUT2D eigenvalue weighted by Gasteiger charge is -2.14. The fourth-order valence-corrected chi connectivity index (χ4v) is 1.60. The van der Waals surface area contributed by atoms with Gasteiger partial charge in [0.1, 0.15) is 0 Å². The summed E-state index contributed by atoms with van der Waals surface area (Å²) in [6.45, 7) is 3.68. The molecular formula is C8H16N2O2. The van der Waals surface area contributed by atoms with Gasteiger partial charge in [0, 0.05) is 25.6 Å². The van der Waals surface area contributed by atoms with Crippen molar-refractivity contribution in [3.63, 3.8) is 0 Å². The lowest BCUT2D eigenvalue weighted by molar-refractivity contribution is -0.128. The van der Waals surface area contributed by atoms with Crippen LogP contribution in [0, 0.1) is 11.8 Å². The molecule has 0 spiro atoms. The van der Waals surface area contributed by atoms with Gasteiger partial charge in [0.15, 0.2) is 0 Å². The normalized spacial score (nSPS) is 29.4. The van der Waals surface area contributed by atoms with E-state index in [0.717, 1.165) is 6.54 Å². The third-order valence-electron chi connectivity index (χ3n) is 2.53. The number of nitrogens with two attached hydrogens (primary N) is 1. The fourth-order valence-electron chi connectivity index (χ4n) is 1.60. The van der Waals surface area contributed by atoms with Crippen molar-refractivity contribution in [1.82, 2.24) is 4.90 Å². The third-order valence-corrected chi connectivity index (χ3v) is 2.53. The summed E-state index contributed by atoms with van der Waals surface area (Å²) in [4.78, 5) is 12.9. The average Bonchev–Trinajstić information content (AvgIpc) is 2.45. The zero-order valence-electron chi connectivity index (χ0n) is 7.36. The van der Waals surface area contributed by atoms with Crippen molar-refractivity contribution in [2.45, 2.75) is 6.92 Å². The Kier molecular flexibility index (Phi) is 3.05. The van der Waals surface area contributed by atoms with Gasteiger partial charge in [-0.05, 0) is 5.92 Å². The van der Waals surface area contributed by atoms with Crippen LogP contribution in [0.1, 0.15) is 6.92 Å². The Bertz CT molecular complexity index is 172. The summed E-state index contributed by atoms with van der Waals surface area (Å²) in [5.74, 6) is 0.615. The molecule has 3 N–H and O–H groups in total. The van der Waals surface area contributed by atoms with Crippen LogP contribution in [-0.4, -0.2) is 42.2 Å². The van der Waals surface area contributed by atoms with Crippen LogP contribution in [0.5, 0.6) is 0 Å². The highest BCUT2D eigenvalue weighted by Gasteiger charge is 2.30. The van der Waals surface area contributed by atoms with E-state index in [2.05, 4.69) is 0 Å². The van der Waals surface area contributed by atoms with Crippen LogP contribution >= 0.6 is 0 Å². The molecule has 0 aromatic rings. The molecule has 2 unspecified atom stereocenters. The molecule has 1 aliphatic rings. The number of carbonyl (C=O) groups excluding carboxylic acids is 1. The molecule has 0 aromatic carbocycles. The van der Waals surface area contributed by atoms with Gasteiger partial charge < -0.3 is 15.7 Å². The van der Waals surface area contributed by atoms with Gasteiger partial charge >= 0.3 is 0 Å². The summed E-state index contributed by atoms with van der Waals surface area (Å²) in [6.07, 6.45) is 0. The third kappa shape index (κ3) is 1.76. The Morgan fingerprint density at radius 3 is 2.75 bits per heavy atom. The van der Waals surface area contributed by atoms with E-state index in [1.54, 1.807) is 4.90 Å². The maximum atomic E-state index is 11.1. The summed E-state index contributed by atoms with van der Waals surface area (Å²) < 4.78 is 0. The Hall–Kier alpha value is -0.610. The number of amides is 1. The minimum Gasteiger partial charge on any atom is -0.396 e. The van der Waals surface area contributed by atoms with Crippen molar-refractivity contribution in [2.24, 2.45) is 17.6 Å². The molecule has 12 heavy (non-hydrogen) atoms. The van der Waals surface area contributed by atoms with Gasteiger partial charge in [0.2, 0.25) is 5.91 Å². The van der Waals surface area contributed by atoms with Crippen molar-refractivity contribution < 1.29 is 9.90 Å². The molecule has 1 saturated heterocycles. The van der Waals surface area contributed by atoms with Gasteiger partial charge in [0.05, 0.1) is 6.54 Å². The van der Waals surface area contributed by atoms with E-state index < -0.39 is 0 Å². The van der Waals surface area contributed by atoms with Gasteiger partial charge in [-0.15, -0.1) is 0 Å². The molecule has 0 aromatic heterocycles. The number of carbonyl (C=O) groups is 1. The van der Waals surface area contributed by atoms with Crippen LogP contribution in [0.15, 0.2) is 0 Å². The molecule has 0 saturated carbocycles. The van der Waals surface area contributed by atoms with Crippen molar-refractivity contribution in [3.05, 3.63) is 0 Å². The monoisotopic (exact) mass is 172 g/mol. The number of likely N-dealkylation sites (tertiary alicyclic amines) is 1. The van der Waals surface area contributed by atoms with Gasteiger partial charge in [-0.2, -0.15) is 0 Å². The van der Waals surface area contributed by atoms with Crippen molar-refractivity contribution in [3.8, 4) is 0 Å². The van der Waals surface area contributed by atoms with Crippen molar-refractivity contribution in [2.75, 3.05) is 26.2 Å². The first-order valence-corrected chi connectivity index (χ1v) is 4.27. The minimum atomic E-state index is -0.0159. The molecule has 1 amide bonds. The second kappa shape index (κ2) is 3.87. The largest absolute Gasteiger partial charge is 0.396 e. The number of hydrogen-bond acceptors (Lipinski definition) is 3. The van der Waals surface area contributed by atoms with E-state index in [1.165, 1.54) is 0 Å². The Morgan fingerprint density at radius 2 is 2.33 bits per heavy atom. The van der Waals surface area contributed by atoms with E-state index in [9.17, 15) is 4.79 Å². The number of aliphatic hydroxyl groups excluding tert-OH is 1. The van der Waals surface area contributed by atoms with E-state index in [4.69, 9.17) is 10.8 Å². The highest BCUT2D eigenvalue weighted by Crippen LogP contribution is 2.21. The Balaban J connectivity index is 2.48. The second-order valence-electron chi connectivity index (χ2n) is 3.42. The number of nitrogens with zero attached hydrogens (tertiary/aromatic N) is 1. The van der Waals surface area contributed by atoms with E-state index >= 15 is 0 Å². The predicted octanol–water partition coefficient (Wildman–Crippen LogP) is -0.968. The fraction of sp³-hybridized carbons (Fsp3) is 0.875. The SMILES string of the molecule is CC1CN(C(=O)CN)CC1CO. The maximum absolute atomic E-state index is 11.1. The van der Waals surface area contributed by atoms with E-state index in [-0.39, 0.29) is 25.0 Å². The molecule has 2 atom stereocenters. The molecular weight excluding hydrogens is 156 g/mol. The molecule has 0 radical (unpaired) electrons. The molecule has 1 heterocycles. The molecule has 1 rings (SSSR count). The first kappa shape index (κ1) is 9.48. The molecule has 4 nitrogen and oxygen atoms in total. The number of rotatable bonds is 2. The van der Waals surface area contributed by atoms with Gasteiger partial charge in [0.25, 0.3) is 0 Å². The zero-order chi connectivity index (χ0) is 9.14. The van der Waals surface area contributed by atoms with Crippen LogP contribution in [0.4, 0.5) is 0 Å². The topological polar surface area (TPSA) is 66.6 Å². The molecule has 0 aliphatic carbocycles. The first-order valence-electron chi connectivity index (χ1n) is 4.27. The number of hydrogen-bond donors (Lipinski definition) is 2. The summed E-state index contributed by atoms with van der Waals surface area (Å²) in [6, 6.07) is 0. The maximum Gasteiger partial charge on any atom is 0.236 e. The van der Waals surface area contributed by atoms with Crippen molar-refractivity contribution in [1.29, 1.82) is 0 Å². The van der Waals surface area contributed by atoms with Gasteiger partial charge in [-0.1, -0.05) is 6.92 Å². The summed E-state index contributed by atoms with van der Waals surface area (Å²) >= 11 is 0. The standard InChI is InChI=1S/C8H16N2O2/c1-6-3-10(8(12)2-9)4-7(6)5-11/h6-7,11H,2-5,9H2,1H3.